The van der Waals surface area contributed by atoms with E-state index >= 15 is 0 Å². The number of hydrogen-bond acceptors (Lipinski definition) is 4. The number of carboxylic acids is 1. The lowest BCUT2D eigenvalue weighted by atomic mass is 10.0. The standard InChI is InChI=1S/C18H19NO4/c20-15-8-6-13(7-9-15)12-16(18(22)23)19-11-10-17(21)14-4-2-1-3-5-14/h1-9,16,19-20H,10-12H2,(H,22,23)/t16-/m1/s1. The van der Waals surface area contributed by atoms with E-state index in [1.54, 1.807) is 36.4 Å². The van der Waals surface area contributed by atoms with Gasteiger partial charge in [0.15, 0.2) is 5.78 Å². The van der Waals surface area contributed by atoms with E-state index in [2.05, 4.69) is 5.32 Å². The third-order valence-electron chi connectivity index (χ3n) is 3.51. The van der Waals surface area contributed by atoms with Crippen molar-refractivity contribution in [1.29, 1.82) is 0 Å². The van der Waals surface area contributed by atoms with Crippen molar-refractivity contribution in [3.63, 3.8) is 0 Å². The maximum Gasteiger partial charge on any atom is 0.321 e. The Labute approximate surface area is 134 Å². The number of rotatable bonds is 8. The molecule has 0 aliphatic carbocycles. The van der Waals surface area contributed by atoms with Crippen molar-refractivity contribution in [1.82, 2.24) is 5.32 Å². The number of hydrogen-bond donors (Lipinski definition) is 3. The molecule has 5 nitrogen and oxygen atoms in total. The van der Waals surface area contributed by atoms with Crippen molar-refractivity contribution in [2.24, 2.45) is 0 Å². The molecule has 0 amide bonds. The van der Waals surface area contributed by atoms with Gasteiger partial charge in [0, 0.05) is 18.5 Å². The van der Waals surface area contributed by atoms with Gasteiger partial charge >= 0.3 is 5.97 Å². The maximum atomic E-state index is 12.0. The van der Waals surface area contributed by atoms with Gasteiger partial charge in [-0.15, -0.1) is 0 Å². The summed E-state index contributed by atoms with van der Waals surface area (Å²) in [5, 5.41) is 21.4. The summed E-state index contributed by atoms with van der Waals surface area (Å²) in [6.07, 6.45) is 0.526. The minimum Gasteiger partial charge on any atom is -0.508 e. The smallest absolute Gasteiger partial charge is 0.321 e. The Morgan fingerprint density at radius 2 is 1.65 bits per heavy atom. The number of ketones is 1. The van der Waals surface area contributed by atoms with Crippen molar-refractivity contribution in [3.8, 4) is 5.75 Å². The van der Waals surface area contributed by atoms with Crippen LogP contribution in [0, 0.1) is 0 Å². The molecule has 0 spiro atoms. The van der Waals surface area contributed by atoms with Gasteiger partial charge in [-0.05, 0) is 24.1 Å². The van der Waals surface area contributed by atoms with Crippen molar-refractivity contribution in [3.05, 3.63) is 65.7 Å². The first-order chi connectivity index (χ1) is 11.1. The second-order valence-corrected chi connectivity index (χ2v) is 5.25. The first-order valence-corrected chi connectivity index (χ1v) is 7.38. The molecule has 2 rings (SSSR count). The number of carbonyl (C=O) groups excluding carboxylic acids is 1. The largest absolute Gasteiger partial charge is 0.508 e. The van der Waals surface area contributed by atoms with Crippen LogP contribution >= 0.6 is 0 Å². The van der Waals surface area contributed by atoms with Gasteiger partial charge in [0.05, 0.1) is 0 Å². The fourth-order valence-corrected chi connectivity index (χ4v) is 2.24. The van der Waals surface area contributed by atoms with E-state index < -0.39 is 12.0 Å². The molecule has 0 saturated heterocycles. The van der Waals surface area contributed by atoms with E-state index in [1.165, 1.54) is 12.1 Å². The molecule has 0 bridgehead atoms. The zero-order valence-electron chi connectivity index (χ0n) is 12.6. The van der Waals surface area contributed by atoms with Gasteiger partial charge in [0.25, 0.3) is 0 Å². The highest BCUT2D eigenvalue weighted by atomic mass is 16.4. The molecule has 0 aliphatic heterocycles. The van der Waals surface area contributed by atoms with Crippen molar-refractivity contribution >= 4 is 11.8 Å². The van der Waals surface area contributed by atoms with E-state index in [4.69, 9.17) is 0 Å². The number of phenols is 1. The molecule has 0 unspecified atom stereocenters. The Morgan fingerprint density at radius 1 is 1.00 bits per heavy atom. The van der Waals surface area contributed by atoms with E-state index in [-0.39, 0.29) is 24.4 Å². The average molecular weight is 313 g/mol. The van der Waals surface area contributed by atoms with Crippen LogP contribution in [0.2, 0.25) is 0 Å². The summed E-state index contributed by atoms with van der Waals surface area (Å²) in [5.41, 5.74) is 1.43. The number of Topliss-reactive ketones (excluding diaryl/α,β-unsaturated/α-hetero) is 1. The predicted octanol–water partition coefficient (Wildman–Crippen LogP) is 2.25. The molecule has 0 aromatic heterocycles. The molecular formula is C18H19NO4. The Kier molecular flexibility index (Phi) is 5.88. The molecule has 0 heterocycles. The van der Waals surface area contributed by atoms with Crippen molar-refractivity contribution < 1.29 is 19.8 Å². The SMILES string of the molecule is O=C(CCN[C@H](Cc1ccc(O)cc1)C(=O)O)c1ccccc1. The molecule has 0 fully saturated rings. The van der Waals surface area contributed by atoms with Crippen LogP contribution in [0.15, 0.2) is 54.6 Å². The molecule has 23 heavy (non-hydrogen) atoms. The van der Waals surface area contributed by atoms with Gasteiger partial charge < -0.3 is 15.5 Å². The average Bonchev–Trinajstić information content (AvgIpc) is 2.56. The minimum atomic E-state index is -0.967. The molecule has 2 aromatic carbocycles. The van der Waals surface area contributed by atoms with Gasteiger partial charge in [0.1, 0.15) is 11.8 Å². The van der Waals surface area contributed by atoms with Crippen molar-refractivity contribution in [2.45, 2.75) is 18.9 Å². The highest BCUT2D eigenvalue weighted by Gasteiger charge is 2.17. The quantitative estimate of drug-likeness (QED) is 0.651. The third kappa shape index (κ3) is 5.23. The van der Waals surface area contributed by atoms with Gasteiger partial charge in [-0.25, -0.2) is 0 Å². The molecule has 3 N–H and O–H groups in total. The van der Waals surface area contributed by atoms with Crippen LogP contribution in [0.1, 0.15) is 22.3 Å². The molecule has 1 atom stereocenters. The van der Waals surface area contributed by atoms with Crippen LogP contribution in [0.5, 0.6) is 5.75 Å². The van der Waals surface area contributed by atoms with Gasteiger partial charge in [-0.2, -0.15) is 0 Å². The Hall–Kier alpha value is -2.66. The first kappa shape index (κ1) is 16.7. The number of aromatic hydroxyl groups is 1. The van der Waals surface area contributed by atoms with Crippen LogP contribution in [0.4, 0.5) is 0 Å². The number of benzene rings is 2. The number of carbonyl (C=O) groups is 2. The summed E-state index contributed by atoms with van der Waals surface area (Å²) < 4.78 is 0. The zero-order chi connectivity index (χ0) is 16.7. The summed E-state index contributed by atoms with van der Waals surface area (Å²) in [4.78, 5) is 23.3. The topological polar surface area (TPSA) is 86.6 Å². The van der Waals surface area contributed by atoms with Crippen LogP contribution in [-0.2, 0) is 11.2 Å². The summed E-state index contributed by atoms with van der Waals surface area (Å²) in [6.45, 7) is 0.294. The van der Waals surface area contributed by atoms with Gasteiger partial charge in [-0.1, -0.05) is 42.5 Å². The molecule has 0 saturated carbocycles. The lowest BCUT2D eigenvalue weighted by Gasteiger charge is -2.14. The van der Waals surface area contributed by atoms with Crippen LogP contribution in [-0.4, -0.2) is 34.6 Å². The summed E-state index contributed by atoms with van der Waals surface area (Å²) in [6, 6.07) is 14.6. The Bertz CT molecular complexity index is 652. The van der Waals surface area contributed by atoms with Gasteiger partial charge in [0.2, 0.25) is 0 Å². The fraction of sp³-hybridized carbons (Fsp3) is 0.222. The van der Waals surface area contributed by atoms with E-state index in [0.717, 1.165) is 5.56 Å². The Morgan fingerprint density at radius 3 is 2.26 bits per heavy atom. The van der Waals surface area contributed by atoms with E-state index in [0.29, 0.717) is 12.1 Å². The highest BCUT2D eigenvalue weighted by Crippen LogP contribution is 2.11. The fourth-order valence-electron chi connectivity index (χ4n) is 2.24. The second-order valence-electron chi connectivity index (χ2n) is 5.25. The molecule has 0 aliphatic rings. The third-order valence-corrected chi connectivity index (χ3v) is 3.51. The number of carboxylic acid groups (broad SMARTS) is 1. The lowest BCUT2D eigenvalue weighted by Crippen LogP contribution is -2.39. The molecule has 0 radical (unpaired) electrons. The minimum absolute atomic E-state index is 0.0214. The van der Waals surface area contributed by atoms with E-state index in [1.807, 2.05) is 6.07 Å². The van der Waals surface area contributed by atoms with E-state index in [9.17, 15) is 19.8 Å². The van der Waals surface area contributed by atoms with Crippen LogP contribution in [0.3, 0.4) is 0 Å². The predicted molar refractivity (Wildman–Crippen MR) is 86.6 cm³/mol. The second kappa shape index (κ2) is 8.10. The summed E-state index contributed by atoms with van der Waals surface area (Å²) >= 11 is 0. The number of phenolic OH excluding ortho intramolecular Hbond substituents is 1. The maximum absolute atomic E-state index is 12.0. The molecular weight excluding hydrogens is 294 g/mol. The first-order valence-electron chi connectivity index (χ1n) is 7.38. The zero-order valence-corrected chi connectivity index (χ0v) is 12.6. The molecule has 120 valence electrons. The van der Waals surface area contributed by atoms with Crippen LogP contribution < -0.4 is 5.32 Å². The summed E-state index contributed by atoms with van der Waals surface area (Å²) in [5.74, 6) is -0.848. The van der Waals surface area contributed by atoms with Crippen LogP contribution in [0.25, 0.3) is 0 Å². The van der Waals surface area contributed by atoms with Crippen molar-refractivity contribution in [2.75, 3.05) is 6.54 Å². The number of nitrogens with one attached hydrogen (secondary N) is 1. The molecule has 2 aromatic rings. The molecule has 5 heteroatoms. The highest BCUT2D eigenvalue weighted by molar-refractivity contribution is 5.96. The summed E-state index contributed by atoms with van der Waals surface area (Å²) in [7, 11) is 0. The normalized spacial score (nSPS) is 11.8. The Balaban J connectivity index is 1.86. The van der Waals surface area contributed by atoms with Gasteiger partial charge in [-0.3, -0.25) is 9.59 Å². The monoisotopic (exact) mass is 313 g/mol. The lowest BCUT2D eigenvalue weighted by molar-refractivity contribution is -0.139. The number of aliphatic carboxylic acids is 1.